The zero-order chi connectivity index (χ0) is 15.1. The highest BCUT2D eigenvalue weighted by molar-refractivity contribution is 9.10. The van der Waals surface area contributed by atoms with Crippen molar-refractivity contribution >= 4 is 15.9 Å². The van der Waals surface area contributed by atoms with Gasteiger partial charge in [-0.3, -0.25) is 0 Å². The third kappa shape index (κ3) is 5.10. The second-order valence-electron chi connectivity index (χ2n) is 6.55. The van der Waals surface area contributed by atoms with E-state index in [4.69, 9.17) is 0 Å². The van der Waals surface area contributed by atoms with Gasteiger partial charge in [0.15, 0.2) is 0 Å². The quantitative estimate of drug-likeness (QED) is 0.676. The molecule has 2 rings (SSSR count). The van der Waals surface area contributed by atoms with Gasteiger partial charge in [-0.1, -0.05) is 67.2 Å². The van der Waals surface area contributed by atoms with Crippen molar-refractivity contribution < 1.29 is 0 Å². The fourth-order valence-corrected chi connectivity index (χ4v) is 4.08. The predicted molar refractivity (Wildman–Crippen MR) is 95.7 cm³/mol. The molecule has 0 aromatic heterocycles. The van der Waals surface area contributed by atoms with Crippen molar-refractivity contribution in [2.24, 2.45) is 11.8 Å². The lowest BCUT2D eigenvalue weighted by molar-refractivity contribution is 0.216. The molecule has 0 saturated heterocycles. The molecule has 21 heavy (non-hydrogen) atoms. The van der Waals surface area contributed by atoms with E-state index < -0.39 is 0 Å². The summed E-state index contributed by atoms with van der Waals surface area (Å²) in [4.78, 5) is 0. The standard InChI is InChI=1S/C19H30BrN/c1-3-13-21-19(14-17-7-5-6-8-18(17)20)16-11-9-15(4-2)10-12-16/h5-8,15-16,19,21H,3-4,9-14H2,1-2H3. The van der Waals surface area contributed by atoms with Crippen molar-refractivity contribution in [3.63, 3.8) is 0 Å². The normalized spacial score (nSPS) is 24.0. The van der Waals surface area contributed by atoms with Gasteiger partial charge in [-0.05, 0) is 55.7 Å². The molecule has 1 saturated carbocycles. The Bertz CT molecular complexity index is 410. The van der Waals surface area contributed by atoms with Crippen molar-refractivity contribution in [3.05, 3.63) is 34.3 Å². The van der Waals surface area contributed by atoms with Crippen LogP contribution in [0.15, 0.2) is 28.7 Å². The third-order valence-electron chi connectivity index (χ3n) is 5.09. The van der Waals surface area contributed by atoms with Crippen LogP contribution in [-0.2, 0) is 6.42 Å². The number of rotatable bonds is 7. The highest BCUT2D eigenvalue weighted by Gasteiger charge is 2.27. The number of halogens is 1. The maximum absolute atomic E-state index is 3.83. The first kappa shape index (κ1) is 17.0. The molecule has 1 unspecified atom stereocenters. The second kappa shape index (κ2) is 8.95. The highest BCUT2D eigenvalue weighted by atomic mass is 79.9. The molecule has 1 nitrogen and oxygen atoms in total. The number of nitrogens with one attached hydrogen (secondary N) is 1. The van der Waals surface area contributed by atoms with E-state index in [0.717, 1.165) is 24.8 Å². The molecule has 0 heterocycles. The second-order valence-corrected chi connectivity index (χ2v) is 7.40. The molecular weight excluding hydrogens is 322 g/mol. The minimum atomic E-state index is 0.640. The van der Waals surface area contributed by atoms with Gasteiger partial charge in [0.2, 0.25) is 0 Å². The van der Waals surface area contributed by atoms with Gasteiger partial charge in [0, 0.05) is 10.5 Å². The Morgan fingerprint density at radius 3 is 2.48 bits per heavy atom. The minimum absolute atomic E-state index is 0.640. The molecule has 1 fully saturated rings. The molecule has 0 aliphatic heterocycles. The first-order chi connectivity index (χ1) is 10.2. The van der Waals surface area contributed by atoms with E-state index in [0.29, 0.717) is 6.04 Å². The fraction of sp³-hybridized carbons (Fsp3) is 0.684. The molecule has 1 aromatic rings. The van der Waals surface area contributed by atoms with Crippen LogP contribution in [0.25, 0.3) is 0 Å². The van der Waals surface area contributed by atoms with Crippen molar-refractivity contribution in [2.45, 2.75) is 64.8 Å². The molecule has 0 radical (unpaired) electrons. The summed E-state index contributed by atoms with van der Waals surface area (Å²) in [6.07, 6.45) is 9.42. The van der Waals surface area contributed by atoms with Crippen LogP contribution in [-0.4, -0.2) is 12.6 Å². The monoisotopic (exact) mass is 351 g/mol. The summed E-state index contributed by atoms with van der Waals surface area (Å²) in [5, 5.41) is 3.83. The van der Waals surface area contributed by atoms with Gasteiger partial charge < -0.3 is 5.32 Å². The molecule has 1 aromatic carbocycles. The first-order valence-corrected chi connectivity index (χ1v) is 9.50. The maximum Gasteiger partial charge on any atom is 0.0207 e. The van der Waals surface area contributed by atoms with Crippen molar-refractivity contribution in [1.82, 2.24) is 5.32 Å². The van der Waals surface area contributed by atoms with Gasteiger partial charge in [0.1, 0.15) is 0 Å². The van der Waals surface area contributed by atoms with Crippen LogP contribution in [0.5, 0.6) is 0 Å². The van der Waals surface area contributed by atoms with E-state index in [1.54, 1.807) is 0 Å². The molecule has 1 aliphatic carbocycles. The Kier molecular flexibility index (Phi) is 7.25. The molecule has 1 aliphatic rings. The molecule has 1 N–H and O–H groups in total. The van der Waals surface area contributed by atoms with Gasteiger partial charge in [0.25, 0.3) is 0 Å². The van der Waals surface area contributed by atoms with E-state index in [2.05, 4.69) is 59.4 Å². The van der Waals surface area contributed by atoms with Gasteiger partial charge >= 0.3 is 0 Å². The van der Waals surface area contributed by atoms with Gasteiger partial charge in [-0.15, -0.1) is 0 Å². The zero-order valence-corrected chi connectivity index (χ0v) is 15.2. The number of benzene rings is 1. The summed E-state index contributed by atoms with van der Waals surface area (Å²) < 4.78 is 1.26. The van der Waals surface area contributed by atoms with E-state index in [-0.39, 0.29) is 0 Å². The van der Waals surface area contributed by atoms with Crippen LogP contribution in [0.2, 0.25) is 0 Å². The number of hydrogen-bond donors (Lipinski definition) is 1. The highest BCUT2D eigenvalue weighted by Crippen LogP contribution is 2.34. The van der Waals surface area contributed by atoms with Crippen LogP contribution >= 0.6 is 15.9 Å². The van der Waals surface area contributed by atoms with E-state index in [1.807, 2.05) is 0 Å². The summed E-state index contributed by atoms with van der Waals surface area (Å²) in [6, 6.07) is 9.34. The van der Waals surface area contributed by atoms with Gasteiger partial charge in [0.05, 0.1) is 0 Å². The molecule has 0 bridgehead atoms. The van der Waals surface area contributed by atoms with E-state index in [9.17, 15) is 0 Å². The van der Waals surface area contributed by atoms with E-state index in [1.165, 1.54) is 48.6 Å². The molecule has 0 amide bonds. The van der Waals surface area contributed by atoms with Crippen LogP contribution in [0.1, 0.15) is 57.9 Å². The summed E-state index contributed by atoms with van der Waals surface area (Å²) in [5.41, 5.74) is 1.45. The lowest BCUT2D eigenvalue weighted by Gasteiger charge is -2.34. The maximum atomic E-state index is 3.83. The summed E-state index contributed by atoms with van der Waals surface area (Å²) >= 11 is 3.71. The van der Waals surface area contributed by atoms with Crippen molar-refractivity contribution in [3.8, 4) is 0 Å². The summed E-state index contributed by atoms with van der Waals surface area (Å²) in [6.45, 7) is 5.75. The lowest BCUT2D eigenvalue weighted by Crippen LogP contribution is -2.40. The molecule has 2 heteroatoms. The van der Waals surface area contributed by atoms with Crippen molar-refractivity contribution in [2.75, 3.05) is 6.54 Å². The smallest absolute Gasteiger partial charge is 0.0207 e. The Labute approximate surface area is 139 Å². The Hall–Kier alpha value is -0.340. The third-order valence-corrected chi connectivity index (χ3v) is 5.87. The molecular formula is C19H30BrN. The molecule has 0 spiro atoms. The largest absolute Gasteiger partial charge is 0.313 e. The summed E-state index contributed by atoms with van der Waals surface area (Å²) in [5.74, 6) is 1.84. The average Bonchev–Trinajstić information content (AvgIpc) is 2.53. The topological polar surface area (TPSA) is 12.0 Å². The Morgan fingerprint density at radius 1 is 1.14 bits per heavy atom. The van der Waals surface area contributed by atoms with Gasteiger partial charge in [-0.25, -0.2) is 0 Å². The fourth-order valence-electron chi connectivity index (χ4n) is 3.63. The Balaban J connectivity index is 1.99. The summed E-state index contributed by atoms with van der Waals surface area (Å²) in [7, 11) is 0. The van der Waals surface area contributed by atoms with Crippen molar-refractivity contribution in [1.29, 1.82) is 0 Å². The predicted octanol–water partition coefficient (Wildman–Crippen LogP) is 5.58. The minimum Gasteiger partial charge on any atom is -0.313 e. The zero-order valence-electron chi connectivity index (χ0n) is 13.6. The van der Waals surface area contributed by atoms with Crippen LogP contribution in [0, 0.1) is 11.8 Å². The van der Waals surface area contributed by atoms with Crippen LogP contribution in [0.3, 0.4) is 0 Å². The molecule has 1 atom stereocenters. The van der Waals surface area contributed by atoms with E-state index >= 15 is 0 Å². The van der Waals surface area contributed by atoms with Crippen LogP contribution < -0.4 is 5.32 Å². The van der Waals surface area contributed by atoms with Gasteiger partial charge in [-0.2, -0.15) is 0 Å². The Morgan fingerprint density at radius 2 is 1.86 bits per heavy atom. The van der Waals surface area contributed by atoms with Crippen LogP contribution in [0.4, 0.5) is 0 Å². The lowest BCUT2D eigenvalue weighted by atomic mass is 9.76. The molecule has 118 valence electrons. The number of hydrogen-bond acceptors (Lipinski definition) is 1. The first-order valence-electron chi connectivity index (χ1n) is 8.71. The average molecular weight is 352 g/mol. The SMILES string of the molecule is CCCNC(Cc1ccccc1Br)C1CCC(CC)CC1.